The number of aryl methyl sites for hydroxylation is 1. The monoisotopic (exact) mass is 259 g/mol. The molecule has 0 fully saturated rings. The molecule has 0 saturated carbocycles. The maximum atomic E-state index is 12.0. The van der Waals surface area contributed by atoms with Gasteiger partial charge in [-0.1, -0.05) is 18.2 Å². The van der Waals surface area contributed by atoms with Crippen LogP contribution in [0, 0.1) is 0 Å². The third-order valence-corrected chi connectivity index (χ3v) is 2.76. The molecule has 0 atom stereocenters. The molecule has 1 aromatic heterocycles. The Morgan fingerprint density at radius 3 is 2.74 bits per heavy atom. The molecule has 100 valence electrons. The molecule has 4 heteroatoms. The van der Waals surface area contributed by atoms with Gasteiger partial charge in [-0.15, -0.1) is 0 Å². The van der Waals surface area contributed by atoms with Crippen LogP contribution in [-0.2, 0) is 18.3 Å². The van der Waals surface area contributed by atoms with E-state index in [2.05, 4.69) is 0 Å². The Kier molecular flexibility index (Phi) is 4.00. The van der Waals surface area contributed by atoms with Crippen molar-refractivity contribution in [2.24, 2.45) is 7.05 Å². The smallest absolute Gasteiger partial charge is 0.338 e. The van der Waals surface area contributed by atoms with Crippen molar-refractivity contribution in [1.82, 2.24) is 4.57 Å². The highest BCUT2D eigenvalue weighted by Gasteiger charge is 2.15. The molecule has 1 heterocycles. The van der Waals surface area contributed by atoms with Gasteiger partial charge in [-0.25, -0.2) is 13.9 Å². The molecular formula is C15H19N2O2+. The molecule has 2 rings (SSSR count). The molecule has 0 aliphatic rings. The van der Waals surface area contributed by atoms with Gasteiger partial charge in [0.05, 0.1) is 18.7 Å². The van der Waals surface area contributed by atoms with Crippen molar-refractivity contribution in [1.29, 1.82) is 0 Å². The van der Waals surface area contributed by atoms with Gasteiger partial charge in [-0.2, -0.15) is 0 Å². The highest BCUT2D eigenvalue weighted by atomic mass is 16.5. The van der Waals surface area contributed by atoms with Crippen LogP contribution in [-0.4, -0.2) is 16.6 Å². The number of aromatic nitrogens is 2. The lowest BCUT2D eigenvalue weighted by atomic mass is 10.1. The van der Waals surface area contributed by atoms with Crippen LogP contribution in [0.4, 0.5) is 0 Å². The summed E-state index contributed by atoms with van der Waals surface area (Å²) in [6, 6.07) is 7.56. The average Bonchev–Trinajstić information content (AvgIpc) is 2.74. The number of carbonyl (C=O) groups is 1. The summed E-state index contributed by atoms with van der Waals surface area (Å²) in [6.45, 7) is 4.36. The number of carbonyl (C=O) groups excluding carboxylic acids is 1. The predicted molar refractivity (Wildman–Crippen MR) is 71.7 cm³/mol. The van der Waals surface area contributed by atoms with Gasteiger partial charge in [0.2, 0.25) is 6.33 Å². The standard InChI is InChI=1S/C15H19N2O2/c1-12(2)19-15(18)14-7-5-4-6-13(14)10-17-9-8-16(3)11-17/h4-9,11-12H,10H2,1-3H3/q+1. The van der Waals surface area contributed by atoms with Crippen molar-refractivity contribution in [2.75, 3.05) is 0 Å². The van der Waals surface area contributed by atoms with Crippen molar-refractivity contribution >= 4 is 5.97 Å². The lowest BCUT2D eigenvalue weighted by Crippen LogP contribution is -2.24. The van der Waals surface area contributed by atoms with E-state index in [0.29, 0.717) is 12.1 Å². The van der Waals surface area contributed by atoms with E-state index in [9.17, 15) is 4.79 Å². The van der Waals surface area contributed by atoms with Crippen LogP contribution in [0.2, 0.25) is 0 Å². The number of benzene rings is 1. The van der Waals surface area contributed by atoms with Crippen molar-refractivity contribution in [3.8, 4) is 0 Å². The van der Waals surface area contributed by atoms with Gasteiger partial charge in [0.25, 0.3) is 0 Å². The first-order valence-electron chi connectivity index (χ1n) is 6.36. The Morgan fingerprint density at radius 1 is 1.37 bits per heavy atom. The molecule has 0 aliphatic heterocycles. The Balaban J connectivity index is 2.23. The Bertz CT molecular complexity index is 573. The molecule has 0 N–H and O–H groups in total. The summed E-state index contributed by atoms with van der Waals surface area (Å²) < 4.78 is 9.26. The summed E-state index contributed by atoms with van der Waals surface area (Å²) in [5.74, 6) is -0.262. The molecule has 0 aliphatic carbocycles. The van der Waals surface area contributed by atoms with Crippen LogP contribution in [0.3, 0.4) is 0 Å². The van der Waals surface area contributed by atoms with E-state index < -0.39 is 0 Å². The number of nitrogens with zero attached hydrogens (tertiary/aromatic N) is 2. The van der Waals surface area contributed by atoms with E-state index in [1.165, 1.54) is 0 Å². The lowest BCUT2D eigenvalue weighted by Gasteiger charge is -2.10. The second-order valence-electron chi connectivity index (χ2n) is 4.86. The van der Waals surface area contributed by atoms with E-state index in [4.69, 9.17) is 4.74 Å². The van der Waals surface area contributed by atoms with Gasteiger partial charge in [0.15, 0.2) is 0 Å². The van der Waals surface area contributed by atoms with Crippen molar-refractivity contribution < 1.29 is 14.1 Å². The van der Waals surface area contributed by atoms with E-state index in [-0.39, 0.29) is 12.1 Å². The van der Waals surface area contributed by atoms with Crippen LogP contribution in [0.1, 0.15) is 29.8 Å². The molecule has 1 aromatic carbocycles. The van der Waals surface area contributed by atoms with Gasteiger partial charge < -0.3 is 4.74 Å². The van der Waals surface area contributed by atoms with E-state index in [1.807, 2.05) is 73.0 Å². The van der Waals surface area contributed by atoms with E-state index in [1.54, 1.807) is 0 Å². The van der Waals surface area contributed by atoms with Gasteiger partial charge in [-0.05, 0) is 19.9 Å². The zero-order chi connectivity index (χ0) is 13.8. The number of rotatable bonds is 4. The summed E-state index contributed by atoms with van der Waals surface area (Å²) in [7, 11) is 1.97. The molecule has 2 aromatic rings. The normalized spacial score (nSPS) is 10.7. The number of esters is 1. The molecule has 19 heavy (non-hydrogen) atoms. The van der Waals surface area contributed by atoms with Crippen LogP contribution in [0.5, 0.6) is 0 Å². The SMILES string of the molecule is CC(C)OC(=O)c1ccccc1Cn1cc[n+](C)c1. The maximum Gasteiger partial charge on any atom is 0.338 e. The molecule has 0 radical (unpaired) electrons. The molecule has 0 saturated heterocycles. The lowest BCUT2D eigenvalue weighted by molar-refractivity contribution is -0.671. The minimum atomic E-state index is -0.262. The average molecular weight is 259 g/mol. The first kappa shape index (κ1) is 13.3. The minimum Gasteiger partial charge on any atom is -0.459 e. The Morgan fingerprint density at radius 2 is 2.11 bits per heavy atom. The molecule has 0 amide bonds. The summed E-state index contributed by atoms with van der Waals surface area (Å²) >= 11 is 0. The fourth-order valence-electron chi connectivity index (χ4n) is 1.93. The molecule has 0 unspecified atom stereocenters. The van der Waals surface area contributed by atoms with Gasteiger partial charge in [0, 0.05) is 5.56 Å². The van der Waals surface area contributed by atoms with E-state index in [0.717, 1.165) is 5.56 Å². The Labute approximate surface area is 113 Å². The van der Waals surface area contributed by atoms with Gasteiger partial charge >= 0.3 is 5.97 Å². The molecular weight excluding hydrogens is 240 g/mol. The summed E-state index contributed by atoms with van der Waals surface area (Å²) in [4.78, 5) is 12.0. The largest absolute Gasteiger partial charge is 0.459 e. The van der Waals surface area contributed by atoms with Crippen molar-refractivity contribution in [3.63, 3.8) is 0 Å². The summed E-state index contributed by atoms with van der Waals surface area (Å²) in [6.07, 6.45) is 5.81. The summed E-state index contributed by atoms with van der Waals surface area (Å²) in [5.41, 5.74) is 1.59. The highest BCUT2D eigenvalue weighted by molar-refractivity contribution is 5.91. The maximum absolute atomic E-state index is 12.0. The predicted octanol–water partition coefficient (Wildman–Crippen LogP) is 1.93. The number of ether oxygens (including phenoxy) is 1. The van der Waals surface area contributed by atoms with Gasteiger partial charge in [-0.3, -0.25) is 0 Å². The third kappa shape index (κ3) is 3.44. The van der Waals surface area contributed by atoms with Crippen LogP contribution in [0.25, 0.3) is 0 Å². The fourth-order valence-corrected chi connectivity index (χ4v) is 1.93. The zero-order valence-corrected chi connectivity index (χ0v) is 11.5. The second kappa shape index (κ2) is 5.69. The molecule has 4 nitrogen and oxygen atoms in total. The first-order valence-corrected chi connectivity index (χ1v) is 6.36. The minimum absolute atomic E-state index is 0.107. The van der Waals surface area contributed by atoms with Crippen LogP contribution >= 0.6 is 0 Å². The molecule has 0 bridgehead atoms. The van der Waals surface area contributed by atoms with E-state index >= 15 is 0 Å². The third-order valence-electron chi connectivity index (χ3n) is 2.76. The van der Waals surface area contributed by atoms with Crippen molar-refractivity contribution in [2.45, 2.75) is 26.5 Å². The van der Waals surface area contributed by atoms with Crippen molar-refractivity contribution in [3.05, 3.63) is 54.1 Å². The topological polar surface area (TPSA) is 35.1 Å². The number of imidazole rings is 1. The fraction of sp³-hybridized carbons (Fsp3) is 0.333. The van der Waals surface area contributed by atoms with Crippen LogP contribution < -0.4 is 4.57 Å². The zero-order valence-electron chi connectivity index (χ0n) is 11.5. The Hall–Kier alpha value is -2.10. The number of hydrogen-bond acceptors (Lipinski definition) is 2. The first-order chi connectivity index (χ1) is 9.06. The summed E-state index contributed by atoms with van der Waals surface area (Å²) in [5, 5.41) is 0. The molecule has 0 spiro atoms. The van der Waals surface area contributed by atoms with Gasteiger partial charge in [0.1, 0.15) is 18.9 Å². The number of hydrogen-bond donors (Lipinski definition) is 0. The highest BCUT2D eigenvalue weighted by Crippen LogP contribution is 2.12. The quantitative estimate of drug-likeness (QED) is 0.621. The second-order valence-corrected chi connectivity index (χ2v) is 4.86. The van der Waals surface area contributed by atoms with Crippen LogP contribution in [0.15, 0.2) is 43.0 Å².